The van der Waals surface area contributed by atoms with Gasteiger partial charge < -0.3 is 9.47 Å². The van der Waals surface area contributed by atoms with Gasteiger partial charge in [0.25, 0.3) is 0 Å². The average Bonchev–Trinajstić information content (AvgIpc) is 2.62. The van der Waals surface area contributed by atoms with Gasteiger partial charge in [0.15, 0.2) is 5.78 Å². The Hall–Kier alpha value is -1.45. The summed E-state index contributed by atoms with van der Waals surface area (Å²) in [4.78, 5) is 12.2. The summed E-state index contributed by atoms with van der Waals surface area (Å²) in [5.41, 5.74) is -0.00803. The smallest absolute Gasteiger partial charge is 0.168 e. The fourth-order valence-electron chi connectivity index (χ4n) is 2.92. The third kappa shape index (κ3) is 2.24. The van der Waals surface area contributed by atoms with Crippen LogP contribution in [0.2, 0.25) is 0 Å². The van der Waals surface area contributed by atoms with E-state index in [1.165, 1.54) is 0 Å². The summed E-state index contributed by atoms with van der Waals surface area (Å²) in [6.07, 6.45) is 3.82. The van der Waals surface area contributed by atoms with E-state index in [0.29, 0.717) is 13.0 Å². The molecule has 2 aliphatic heterocycles. The van der Waals surface area contributed by atoms with Crippen LogP contribution in [0.4, 0.5) is 0 Å². The lowest BCUT2D eigenvalue weighted by Crippen LogP contribution is -2.54. The Morgan fingerprint density at radius 3 is 2.74 bits per heavy atom. The standard InChI is InChI=1S/C16H18O3/c1-15-8-9-16(2,19-15)14(13(17)10-15)18-11-12-6-4-3-5-7-12/h3-9,14H,10-11H2,1-2H3/t14-,15+,16-/m1/s1. The molecule has 0 aromatic heterocycles. The summed E-state index contributed by atoms with van der Waals surface area (Å²) in [6.45, 7) is 4.29. The molecule has 2 heterocycles. The Morgan fingerprint density at radius 1 is 1.26 bits per heavy atom. The summed E-state index contributed by atoms with van der Waals surface area (Å²) >= 11 is 0. The molecular formula is C16H18O3. The van der Waals surface area contributed by atoms with E-state index < -0.39 is 17.3 Å². The average molecular weight is 258 g/mol. The van der Waals surface area contributed by atoms with Crippen LogP contribution in [0.3, 0.4) is 0 Å². The molecule has 0 unspecified atom stereocenters. The van der Waals surface area contributed by atoms with Crippen LogP contribution in [-0.2, 0) is 20.9 Å². The normalized spacial score (nSPS) is 36.7. The largest absolute Gasteiger partial charge is 0.362 e. The van der Waals surface area contributed by atoms with Gasteiger partial charge >= 0.3 is 0 Å². The fourth-order valence-corrected chi connectivity index (χ4v) is 2.92. The van der Waals surface area contributed by atoms with Gasteiger partial charge in [-0.3, -0.25) is 4.79 Å². The molecule has 0 radical (unpaired) electrons. The van der Waals surface area contributed by atoms with Crippen molar-refractivity contribution in [2.75, 3.05) is 0 Å². The summed E-state index contributed by atoms with van der Waals surface area (Å²) in [6, 6.07) is 9.87. The van der Waals surface area contributed by atoms with Gasteiger partial charge in [-0.1, -0.05) is 42.5 Å². The molecule has 1 fully saturated rings. The van der Waals surface area contributed by atoms with Gasteiger partial charge in [0.05, 0.1) is 12.2 Å². The van der Waals surface area contributed by atoms with Crippen LogP contribution in [0.1, 0.15) is 25.8 Å². The highest BCUT2D eigenvalue weighted by Gasteiger charge is 2.53. The number of rotatable bonds is 3. The molecule has 2 aliphatic rings. The monoisotopic (exact) mass is 258 g/mol. The molecule has 1 aromatic carbocycles. The van der Waals surface area contributed by atoms with Crippen molar-refractivity contribution in [1.82, 2.24) is 0 Å². The minimum absolute atomic E-state index is 0.122. The molecule has 3 rings (SSSR count). The zero-order valence-corrected chi connectivity index (χ0v) is 11.3. The maximum Gasteiger partial charge on any atom is 0.168 e. The predicted octanol–water partition coefficient (Wildman–Crippen LogP) is 2.65. The SMILES string of the molecule is C[C@@]12C=C[C@@](C)(O1)[C@H](OCc1ccccc1)C(=O)C2. The molecule has 19 heavy (non-hydrogen) atoms. The van der Waals surface area contributed by atoms with Gasteiger partial charge in [-0.25, -0.2) is 0 Å². The van der Waals surface area contributed by atoms with Gasteiger partial charge in [-0.05, 0) is 19.4 Å². The van der Waals surface area contributed by atoms with Crippen LogP contribution < -0.4 is 0 Å². The maximum atomic E-state index is 12.2. The molecule has 0 saturated carbocycles. The predicted molar refractivity (Wildman–Crippen MR) is 71.7 cm³/mol. The summed E-state index contributed by atoms with van der Waals surface area (Å²) in [5.74, 6) is 0.122. The summed E-state index contributed by atoms with van der Waals surface area (Å²) in [5, 5.41) is 0. The summed E-state index contributed by atoms with van der Waals surface area (Å²) in [7, 11) is 0. The van der Waals surface area contributed by atoms with Crippen LogP contribution >= 0.6 is 0 Å². The Labute approximate surface area is 113 Å². The number of hydrogen-bond acceptors (Lipinski definition) is 3. The van der Waals surface area contributed by atoms with Gasteiger partial charge in [0, 0.05) is 6.42 Å². The maximum absolute atomic E-state index is 12.2. The summed E-state index contributed by atoms with van der Waals surface area (Å²) < 4.78 is 11.8. The number of ketones is 1. The Balaban J connectivity index is 1.74. The van der Waals surface area contributed by atoms with Gasteiger partial charge in [-0.15, -0.1) is 0 Å². The zero-order valence-electron chi connectivity index (χ0n) is 11.3. The van der Waals surface area contributed by atoms with Crippen molar-refractivity contribution < 1.29 is 14.3 Å². The third-order valence-corrected chi connectivity index (χ3v) is 3.82. The lowest BCUT2D eigenvalue weighted by Gasteiger charge is -2.40. The van der Waals surface area contributed by atoms with Crippen LogP contribution in [0.5, 0.6) is 0 Å². The molecule has 2 bridgehead atoms. The van der Waals surface area contributed by atoms with Crippen LogP contribution in [0.25, 0.3) is 0 Å². The first-order valence-corrected chi connectivity index (χ1v) is 6.60. The van der Waals surface area contributed by atoms with E-state index in [9.17, 15) is 4.79 Å². The highest BCUT2D eigenvalue weighted by atomic mass is 16.6. The molecule has 0 N–H and O–H groups in total. The van der Waals surface area contributed by atoms with Crippen LogP contribution in [-0.4, -0.2) is 23.1 Å². The van der Waals surface area contributed by atoms with E-state index in [0.717, 1.165) is 5.56 Å². The number of Topliss-reactive ketones (excluding diaryl/α,β-unsaturated/α-hetero) is 1. The molecule has 3 heteroatoms. The van der Waals surface area contributed by atoms with Gasteiger partial charge in [-0.2, -0.15) is 0 Å². The Kier molecular flexibility index (Phi) is 2.84. The molecule has 0 amide bonds. The van der Waals surface area contributed by atoms with E-state index in [4.69, 9.17) is 9.47 Å². The van der Waals surface area contributed by atoms with Crippen molar-refractivity contribution in [3.63, 3.8) is 0 Å². The first kappa shape index (κ1) is 12.6. The number of carbonyl (C=O) groups excluding carboxylic acids is 1. The minimum atomic E-state index is -0.626. The number of carbonyl (C=O) groups is 1. The van der Waals surface area contributed by atoms with Crippen LogP contribution in [0, 0.1) is 0 Å². The molecular weight excluding hydrogens is 240 g/mol. The molecule has 3 atom stereocenters. The van der Waals surface area contributed by atoms with E-state index in [1.54, 1.807) is 0 Å². The number of hydrogen-bond donors (Lipinski definition) is 0. The molecule has 3 nitrogen and oxygen atoms in total. The minimum Gasteiger partial charge on any atom is -0.362 e. The first-order chi connectivity index (χ1) is 9.01. The number of fused-ring (bicyclic) bond motifs is 2. The fraction of sp³-hybridized carbons (Fsp3) is 0.438. The third-order valence-electron chi connectivity index (χ3n) is 3.82. The van der Waals surface area contributed by atoms with Crippen LogP contribution in [0.15, 0.2) is 42.5 Å². The molecule has 0 aliphatic carbocycles. The Morgan fingerprint density at radius 2 is 2.00 bits per heavy atom. The van der Waals surface area contributed by atoms with E-state index in [2.05, 4.69) is 0 Å². The van der Waals surface area contributed by atoms with Crippen molar-refractivity contribution in [3.05, 3.63) is 48.0 Å². The lowest BCUT2D eigenvalue weighted by molar-refractivity contribution is -0.190. The van der Waals surface area contributed by atoms with Crippen molar-refractivity contribution in [2.45, 2.75) is 44.2 Å². The first-order valence-electron chi connectivity index (χ1n) is 6.60. The lowest BCUT2D eigenvalue weighted by atomic mass is 9.89. The second-order valence-electron chi connectivity index (χ2n) is 5.75. The van der Waals surface area contributed by atoms with Crippen molar-refractivity contribution in [3.8, 4) is 0 Å². The van der Waals surface area contributed by atoms with Gasteiger partial charge in [0.2, 0.25) is 0 Å². The molecule has 1 saturated heterocycles. The Bertz CT molecular complexity index is 522. The number of ether oxygens (including phenoxy) is 2. The molecule has 1 aromatic rings. The van der Waals surface area contributed by atoms with E-state index in [-0.39, 0.29) is 5.78 Å². The van der Waals surface area contributed by atoms with Crippen molar-refractivity contribution in [1.29, 1.82) is 0 Å². The number of benzene rings is 1. The second-order valence-corrected chi connectivity index (χ2v) is 5.75. The van der Waals surface area contributed by atoms with E-state index >= 15 is 0 Å². The highest BCUT2D eigenvalue weighted by molar-refractivity contribution is 5.87. The quantitative estimate of drug-likeness (QED) is 0.782. The topological polar surface area (TPSA) is 35.5 Å². The molecule has 100 valence electrons. The molecule has 0 spiro atoms. The van der Waals surface area contributed by atoms with Crippen molar-refractivity contribution in [2.24, 2.45) is 0 Å². The van der Waals surface area contributed by atoms with Crippen molar-refractivity contribution >= 4 is 5.78 Å². The highest BCUT2D eigenvalue weighted by Crippen LogP contribution is 2.42. The van der Waals surface area contributed by atoms with Gasteiger partial charge in [0.1, 0.15) is 11.7 Å². The zero-order chi connectivity index (χ0) is 13.5. The second kappa shape index (κ2) is 4.29. The van der Waals surface area contributed by atoms with E-state index in [1.807, 2.05) is 56.3 Å².